The van der Waals surface area contributed by atoms with E-state index in [-0.39, 0.29) is 24.3 Å². The highest BCUT2D eigenvalue weighted by Crippen LogP contribution is 2.22. The van der Waals surface area contributed by atoms with Gasteiger partial charge in [-0.05, 0) is 45.0 Å². The standard InChI is InChI=1S/C23H22N4O7/c1-4-33-22(29)16-9-15(10-19(11-16)27(31)32)21(28)25-17-7-6-8-18(12-17)26-14(3)20(13-24-26)23(30)34-5-2/h6-13H,4-5H2,1-3H3,(H,25,28). The number of non-ortho nitro benzene ring substituents is 1. The van der Waals surface area contributed by atoms with Gasteiger partial charge in [-0.3, -0.25) is 14.9 Å². The molecule has 34 heavy (non-hydrogen) atoms. The van der Waals surface area contributed by atoms with Crippen molar-refractivity contribution in [1.82, 2.24) is 9.78 Å². The Morgan fingerprint density at radius 1 is 1.03 bits per heavy atom. The van der Waals surface area contributed by atoms with Gasteiger partial charge < -0.3 is 14.8 Å². The topological polar surface area (TPSA) is 143 Å². The Kier molecular flexibility index (Phi) is 7.36. The Bertz CT molecular complexity index is 1270. The van der Waals surface area contributed by atoms with Crippen molar-refractivity contribution in [2.24, 2.45) is 0 Å². The van der Waals surface area contributed by atoms with Crippen LogP contribution in [0.3, 0.4) is 0 Å². The summed E-state index contributed by atoms with van der Waals surface area (Å²) in [5.41, 5.74) is 1.22. The molecule has 0 atom stereocenters. The average molecular weight is 466 g/mol. The minimum Gasteiger partial charge on any atom is -0.462 e. The number of hydrogen-bond donors (Lipinski definition) is 1. The fraction of sp³-hybridized carbons (Fsp3) is 0.217. The van der Waals surface area contributed by atoms with Crippen molar-refractivity contribution in [3.05, 3.63) is 81.2 Å². The van der Waals surface area contributed by atoms with Crippen LogP contribution < -0.4 is 5.32 Å². The second-order valence-electron chi connectivity index (χ2n) is 7.03. The van der Waals surface area contributed by atoms with Gasteiger partial charge in [0.2, 0.25) is 0 Å². The molecule has 0 saturated carbocycles. The molecule has 0 aliphatic carbocycles. The van der Waals surface area contributed by atoms with E-state index in [2.05, 4.69) is 10.4 Å². The Hall–Kier alpha value is -4.54. The van der Waals surface area contributed by atoms with Crippen molar-refractivity contribution in [2.75, 3.05) is 18.5 Å². The van der Waals surface area contributed by atoms with Gasteiger partial charge in [-0.25, -0.2) is 14.3 Å². The van der Waals surface area contributed by atoms with Gasteiger partial charge >= 0.3 is 11.9 Å². The van der Waals surface area contributed by atoms with Crippen LogP contribution in [0.25, 0.3) is 5.69 Å². The molecule has 11 nitrogen and oxygen atoms in total. The first-order valence-corrected chi connectivity index (χ1v) is 10.3. The molecule has 0 unspecified atom stereocenters. The first-order valence-electron chi connectivity index (χ1n) is 10.3. The van der Waals surface area contributed by atoms with E-state index in [1.165, 1.54) is 16.9 Å². The maximum atomic E-state index is 12.8. The summed E-state index contributed by atoms with van der Waals surface area (Å²) in [5, 5.41) is 18.1. The number of amides is 1. The van der Waals surface area contributed by atoms with Gasteiger partial charge in [0.05, 0.1) is 41.3 Å². The summed E-state index contributed by atoms with van der Waals surface area (Å²) in [6.07, 6.45) is 1.40. The molecule has 0 aliphatic rings. The van der Waals surface area contributed by atoms with Crippen molar-refractivity contribution in [3.8, 4) is 5.69 Å². The van der Waals surface area contributed by atoms with E-state index in [0.29, 0.717) is 22.6 Å². The summed E-state index contributed by atoms with van der Waals surface area (Å²) in [4.78, 5) is 47.5. The van der Waals surface area contributed by atoms with E-state index >= 15 is 0 Å². The molecule has 1 N–H and O–H groups in total. The third-order valence-corrected chi connectivity index (χ3v) is 4.76. The minimum atomic E-state index is -0.770. The van der Waals surface area contributed by atoms with E-state index in [1.54, 1.807) is 45.0 Å². The van der Waals surface area contributed by atoms with Crippen LogP contribution in [-0.2, 0) is 9.47 Å². The summed E-state index contributed by atoms with van der Waals surface area (Å²) in [5.74, 6) is -1.91. The number of ether oxygens (including phenoxy) is 2. The summed E-state index contributed by atoms with van der Waals surface area (Å²) < 4.78 is 11.4. The van der Waals surface area contributed by atoms with E-state index in [4.69, 9.17) is 9.47 Å². The van der Waals surface area contributed by atoms with E-state index in [0.717, 1.165) is 12.1 Å². The van der Waals surface area contributed by atoms with Crippen molar-refractivity contribution >= 4 is 29.2 Å². The van der Waals surface area contributed by atoms with Gasteiger partial charge in [0.15, 0.2) is 0 Å². The molecule has 0 aliphatic heterocycles. The summed E-state index contributed by atoms with van der Waals surface area (Å²) >= 11 is 0. The molecule has 0 saturated heterocycles. The summed E-state index contributed by atoms with van der Waals surface area (Å²) in [7, 11) is 0. The molecular weight excluding hydrogens is 444 g/mol. The van der Waals surface area contributed by atoms with E-state index < -0.39 is 28.5 Å². The first kappa shape index (κ1) is 24.1. The third-order valence-electron chi connectivity index (χ3n) is 4.76. The SMILES string of the molecule is CCOC(=O)c1cc(C(=O)Nc2cccc(-n3ncc(C(=O)OCC)c3C)c2)cc([N+](=O)[O-])c1. The molecule has 0 radical (unpaired) electrons. The molecule has 11 heteroatoms. The lowest BCUT2D eigenvalue weighted by molar-refractivity contribution is -0.384. The Labute approximate surface area is 194 Å². The second-order valence-corrected chi connectivity index (χ2v) is 7.03. The fourth-order valence-corrected chi connectivity index (χ4v) is 3.18. The quantitative estimate of drug-likeness (QED) is 0.301. The molecule has 2 aromatic carbocycles. The van der Waals surface area contributed by atoms with Crippen LogP contribution in [-0.4, -0.2) is 45.8 Å². The number of nitro benzene ring substituents is 1. The largest absolute Gasteiger partial charge is 0.462 e. The number of nitro groups is 1. The molecule has 3 aromatic rings. The molecule has 1 amide bonds. The molecule has 1 aromatic heterocycles. The number of aromatic nitrogens is 2. The highest BCUT2D eigenvalue weighted by atomic mass is 16.6. The number of rotatable bonds is 8. The van der Waals surface area contributed by atoms with Gasteiger partial charge in [-0.15, -0.1) is 0 Å². The maximum Gasteiger partial charge on any atom is 0.341 e. The van der Waals surface area contributed by atoms with E-state index in [9.17, 15) is 24.5 Å². The predicted molar refractivity (Wildman–Crippen MR) is 121 cm³/mol. The minimum absolute atomic E-state index is 0.0810. The van der Waals surface area contributed by atoms with Crippen molar-refractivity contribution in [2.45, 2.75) is 20.8 Å². The lowest BCUT2D eigenvalue weighted by atomic mass is 10.1. The number of carbonyl (C=O) groups excluding carboxylic acids is 3. The van der Waals surface area contributed by atoms with E-state index in [1.807, 2.05) is 0 Å². The molecule has 0 spiro atoms. The van der Waals surface area contributed by atoms with Crippen LogP contribution in [0.5, 0.6) is 0 Å². The van der Waals surface area contributed by atoms with Crippen LogP contribution >= 0.6 is 0 Å². The van der Waals surface area contributed by atoms with Gasteiger partial charge in [-0.2, -0.15) is 5.10 Å². The highest BCUT2D eigenvalue weighted by Gasteiger charge is 2.20. The van der Waals surface area contributed by atoms with Crippen molar-refractivity contribution in [3.63, 3.8) is 0 Å². The first-order chi connectivity index (χ1) is 16.2. The van der Waals surface area contributed by atoms with Gasteiger partial charge in [0, 0.05) is 23.4 Å². The fourth-order valence-electron chi connectivity index (χ4n) is 3.18. The van der Waals surface area contributed by atoms with Crippen LogP contribution in [0, 0.1) is 17.0 Å². The average Bonchev–Trinajstić information content (AvgIpc) is 3.20. The zero-order valence-corrected chi connectivity index (χ0v) is 18.7. The number of anilines is 1. The Morgan fingerprint density at radius 2 is 1.71 bits per heavy atom. The van der Waals surface area contributed by atoms with Crippen LogP contribution in [0.4, 0.5) is 11.4 Å². The molecular formula is C23H22N4O7. The van der Waals surface area contributed by atoms with Crippen molar-refractivity contribution in [1.29, 1.82) is 0 Å². The molecule has 0 fully saturated rings. The lowest BCUT2D eigenvalue weighted by Gasteiger charge is -2.10. The van der Waals surface area contributed by atoms with Crippen LogP contribution in [0.2, 0.25) is 0 Å². The maximum absolute atomic E-state index is 12.8. The molecule has 176 valence electrons. The Balaban J connectivity index is 1.88. The third kappa shape index (κ3) is 5.26. The number of carbonyl (C=O) groups is 3. The zero-order chi connectivity index (χ0) is 24.8. The zero-order valence-electron chi connectivity index (χ0n) is 18.7. The number of nitrogens with one attached hydrogen (secondary N) is 1. The Morgan fingerprint density at radius 3 is 2.38 bits per heavy atom. The van der Waals surface area contributed by atoms with Gasteiger partial charge in [-0.1, -0.05) is 6.07 Å². The number of hydrogen-bond acceptors (Lipinski definition) is 8. The molecule has 3 rings (SSSR count). The number of nitrogens with zero attached hydrogens (tertiary/aromatic N) is 3. The summed E-state index contributed by atoms with van der Waals surface area (Å²) in [6.45, 7) is 5.35. The molecule has 1 heterocycles. The van der Waals surface area contributed by atoms with Crippen LogP contribution in [0.15, 0.2) is 48.7 Å². The number of esters is 2. The normalized spacial score (nSPS) is 10.4. The van der Waals surface area contributed by atoms with Crippen molar-refractivity contribution < 1.29 is 28.8 Å². The summed E-state index contributed by atoms with van der Waals surface area (Å²) in [6, 6.07) is 10.0. The lowest BCUT2D eigenvalue weighted by Crippen LogP contribution is -2.14. The van der Waals surface area contributed by atoms with Gasteiger partial charge in [0.25, 0.3) is 11.6 Å². The predicted octanol–water partition coefficient (Wildman–Crippen LogP) is 3.69. The van der Waals surface area contributed by atoms with Crippen LogP contribution in [0.1, 0.15) is 50.6 Å². The van der Waals surface area contributed by atoms with Gasteiger partial charge in [0.1, 0.15) is 5.56 Å². The molecule has 0 bridgehead atoms. The second kappa shape index (κ2) is 10.4. The monoisotopic (exact) mass is 466 g/mol. The number of benzene rings is 2. The smallest absolute Gasteiger partial charge is 0.341 e. The highest BCUT2D eigenvalue weighted by molar-refractivity contribution is 6.06.